The van der Waals surface area contributed by atoms with Crippen LogP contribution in [0.25, 0.3) is 0 Å². The fourth-order valence-corrected chi connectivity index (χ4v) is 2.64. The summed E-state index contributed by atoms with van der Waals surface area (Å²) in [5.41, 5.74) is 0. The van der Waals surface area contributed by atoms with Crippen molar-refractivity contribution < 1.29 is 5.11 Å². The van der Waals surface area contributed by atoms with E-state index in [1.807, 2.05) is 6.92 Å². The summed E-state index contributed by atoms with van der Waals surface area (Å²) in [5.74, 6) is 0. The zero-order valence-corrected chi connectivity index (χ0v) is 8.37. The third kappa shape index (κ3) is 2.03. The second-order valence-electron chi connectivity index (χ2n) is 4.40. The van der Waals surface area contributed by atoms with Gasteiger partial charge in [-0.15, -0.1) is 0 Å². The molecule has 0 bridgehead atoms. The highest BCUT2D eigenvalue weighted by atomic mass is 16.3. The molecule has 0 saturated carbocycles. The summed E-state index contributed by atoms with van der Waals surface area (Å²) in [6.07, 6.45) is 3.75. The first-order chi connectivity index (χ1) is 6.27. The Morgan fingerprint density at radius 3 is 3.08 bits per heavy atom. The zero-order valence-electron chi connectivity index (χ0n) is 8.37. The van der Waals surface area contributed by atoms with Gasteiger partial charge >= 0.3 is 0 Å². The van der Waals surface area contributed by atoms with Crippen LogP contribution in [-0.4, -0.2) is 47.8 Å². The Morgan fingerprint density at radius 2 is 2.31 bits per heavy atom. The summed E-state index contributed by atoms with van der Waals surface area (Å²) in [7, 11) is 0. The number of nitrogens with zero attached hydrogens (tertiary/aromatic N) is 1. The number of hydrogen-bond acceptors (Lipinski definition) is 3. The van der Waals surface area contributed by atoms with Gasteiger partial charge in [-0.05, 0) is 32.7 Å². The fourth-order valence-electron chi connectivity index (χ4n) is 2.64. The molecule has 2 heterocycles. The topological polar surface area (TPSA) is 35.5 Å². The standard InChI is InChI=1S/C10H20N2O/c1-8(13)7-11-9-4-6-12-5-2-3-10(9)12/h8-11,13H,2-7H2,1H3/t8-,9?,10?/m0/s1. The van der Waals surface area contributed by atoms with Crippen molar-refractivity contribution in [2.45, 2.75) is 44.4 Å². The van der Waals surface area contributed by atoms with Gasteiger partial charge in [0, 0.05) is 25.2 Å². The van der Waals surface area contributed by atoms with E-state index in [9.17, 15) is 5.11 Å². The van der Waals surface area contributed by atoms with Crippen LogP contribution in [0.3, 0.4) is 0 Å². The molecule has 2 fully saturated rings. The Balaban J connectivity index is 1.80. The molecule has 3 nitrogen and oxygen atoms in total. The lowest BCUT2D eigenvalue weighted by atomic mass is 10.1. The van der Waals surface area contributed by atoms with Gasteiger partial charge in [0.15, 0.2) is 0 Å². The molecule has 0 aromatic rings. The summed E-state index contributed by atoms with van der Waals surface area (Å²) in [6, 6.07) is 1.40. The van der Waals surface area contributed by atoms with E-state index in [4.69, 9.17) is 0 Å². The largest absolute Gasteiger partial charge is 0.392 e. The molecular formula is C10H20N2O. The average Bonchev–Trinajstić information content (AvgIpc) is 2.60. The quantitative estimate of drug-likeness (QED) is 0.657. The molecule has 2 N–H and O–H groups in total. The maximum absolute atomic E-state index is 9.18. The van der Waals surface area contributed by atoms with Gasteiger partial charge in [-0.3, -0.25) is 4.90 Å². The molecule has 2 rings (SSSR count). The highest BCUT2D eigenvalue weighted by molar-refractivity contribution is 4.95. The summed E-state index contributed by atoms with van der Waals surface area (Å²) in [6.45, 7) is 5.13. The second kappa shape index (κ2) is 3.95. The van der Waals surface area contributed by atoms with Crippen LogP contribution in [0.1, 0.15) is 26.2 Å². The number of fused-ring (bicyclic) bond motifs is 1. The summed E-state index contributed by atoms with van der Waals surface area (Å²) < 4.78 is 0. The third-order valence-corrected chi connectivity index (χ3v) is 3.28. The molecule has 2 unspecified atom stereocenters. The minimum Gasteiger partial charge on any atom is -0.392 e. The van der Waals surface area contributed by atoms with Crippen LogP contribution < -0.4 is 5.32 Å². The van der Waals surface area contributed by atoms with Gasteiger partial charge in [-0.2, -0.15) is 0 Å². The minimum absolute atomic E-state index is 0.213. The number of hydrogen-bond donors (Lipinski definition) is 2. The molecule has 0 aromatic carbocycles. The van der Waals surface area contributed by atoms with Crippen LogP contribution in [0, 0.1) is 0 Å². The van der Waals surface area contributed by atoms with Crippen molar-refractivity contribution in [3.05, 3.63) is 0 Å². The Bertz CT molecular complexity index is 172. The molecule has 0 radical (unpaired) electrons. The van der Waals surface area contributed by atoms with E-state index < -0.39 is 0 Å². The smallest absolute Gasteiger partial charge is 0.0636 e. The molecule has 0 spiro atoms. The molecular weight excluding hydrogens is 164 g/mol. The van der Waals surface area contributed by atoms with Crippen LogP contribution in [0.4, 0.5) is 0 Å². The Kier molecular flexibility index (Phi) is 2.86. The zero-order chi connectivity index (χ0) is 9.26. The fraction of sp³-hybridized carbons (Fsp3) is 1.00. The molecule has 0 aromatic heterocycles. The molecule has 0 amide bonds. The first-order valence-corrected chi connectivity index (χ1v) is 5.43. The van der Waals surface area contributed by atoms with Crippen LogP contribution in [0.5, 0.6) is 0 Å². The van der Waals surface area contributed by atoms with Crippen molar-refractivity contribution in [3.63, 3.8) is 0 Å². The normalized spacial score (nSPS) is 36.5. The molecule has 3 heteroatoms. The molecule has 0 aliphatic carbocycles. The Hall–Kier alpha value is -0.120. The first-order valence-electron chi connectivity index (χ1n) is 5.43. The van der Waals surface area contributed by atoms with E-state index in [0.717, 1.165) is 12.6 Å². The molecule has 2 aliphatic rings. The van der Waals surface area contributed by atoms with Crippen molar-refractivity contribution in [1.82, 2.24) is 10.2 Å². The lowest BCUT2D eigenvalue weighted by Crippen LogP contribution is -2.41. The number of nitrogens with one attached hydrogen (secondary N) is 1. The third-order valence-electron chi connectivity index (χ3n) is 3.28. The predicted molar refractivity (Wildman–Crippen MR) is 52.7 cm³/mol. The first kappa shape index (κ1) is 9.44. The predicted octanol–water partition coefficient (Wildman–Crippen LogP) is 0.194. The van der Waals surface area contributed by atoms with Gasteiger partial charge in [0.1, 0.15) is 0 Å². The van der Waals surface area contributed by atoms with Gasteiger partial charge in [-0.25, -0.2) is 0 Å². The molecule has 3 atom stereocenters. The van der Waals surface area contributed by atoms with E-state index in [1.54, 1.807) is 0 Å². The van der Waals surface area contributed by atoms with Crippen LogP contribution in [0.2, 0.25) is 0 Å². The van der Waals surface area contributed by atoms with Crippen molar-refractivity contribution in [1.29, 1.82) is 0 Å². The van der Waals surface area contributed by atoms with Gasteiger partial charge in [0.2, 0.25) is 0 Å². The van der Waals surface area contributed by atoms with E-state index in [0.29, 0.717) is 6.04 Å². The highest BCUT2D eigenvalue weighted by Gasteiger charge is 2.36. The van der Waals surface area contributed by atoms with Crippen molar-refractivity contribution in [2.24, 2.45) is 0 Å². The number of rotatable bonds is 3. The van der Waals surface area contributed by atoms with Gasteiger partial charge < -0.3 is 10.4 Å². The average molecular weight is 184 g/mol. The highest BCUT2D eigenvalue weighted by Crippen LogP contribution is 2.27. The molecule has 2 aliphatic heterocycles. The van der Waals surface area contributed by atoms with Gasteiger partial charge in [0.05, 0.1) is 6.10 Å². The van der Waals surface area contributed by atoms with Crippen molar-refractivity contribution >= 4 is 0 Å². The SMILES string of the molecule is C[C@H](O)CNC1CCN2CCCC12. The van der Waals surface area contributed by atoms with Crippen LogP contribution in [-0.2, 0) is 0 Å². The van der Waals surface area contributed by atoms with E-state index >= 15 is 0 Å². The van der Waals surface area contributed by atoms with Crippen LogP contribution in [0.15, 0.2) is 0 Å². The van der Waals surface area contributed by atoms with Gasteiger partial charge in [-0.1, -0.05) is 0 Å². The summed E-state index contributed by atoms with van der Waals surface area (Å²) in [5, 5.41) is 12.6. The molecule has 76 valence electrons. The summed E-state index contributed by atoms with van der Waals surface area (Å²) in [4.78, 5) is 2.58. The summed E-state index contributed by atoms with van der Waals surface area (Å²) >= 11 is 0. The minimum atomic E-state index is -0.213. The number of aliphatic hydroxyl groups excluding tert-OH is 1. The Labute approximate surface area is 80.1 Å². The monoisotopic (exact) mass is 184 g/mol. The lowest BCUT2D eigenvalue weighted by molar-refractivity contribution is 0.181. The number of aliphatic hydroxyl groups is 1. The van der Waals surface area contributed by atoms with Crippen molar-refractivity contribution in [2.75, 3.05) is 19.6 Å². The van der Waals surface area contributed by atoms with E-state index in [1.165, 1.54) is 32.4 Å². The van der Waals surface area contributed by atoms with Gasteiger partial charge in [0.25, 0.3) is 0 Å². The second-order valence-corrected chi connectivity index (χ2v) is 4.40. The van der Waals surface area contributed by atoms with E-state index in [2.05, 4.69) is 10.2 Å². The maximum atomic E-state index is 9.18. The Morgan fingerprint density at radius 1 is 1.46 bits per heavy atom. The maximum Gasteiger partial charge on any atom is 0.0636 e. The van der Waals surface area contributed by atoms with Crippen molar-refractivity contribution in [3.8, 4) is 0 Å². The molecule has 2 saturated heterocycles. The van der Waals surface area contributed by atoms with E-state index in [-0.39, 0.29) is 6.10 Å². The molecule has 13 heavy (non-hydrogen) atoms. The lowest BCUT2D eigenvalue weighted by Gasteiger charge is -2.21. The van der Waals surface area contributed by atoms with Crippen LogP contribution >= 0.6 is 0 Å².